The zero-order chi connectivity index (χ0) is 17.2. The largest absolute Gasteiger partial charge is 0.342 e. The van der Waals surface area contributed by atoms with Crippen molar-refractivity contribution in [3.05, 3.63) is 24.3 Å². The minimum atomic E-state index is 0. The second-order valence-electron chi connectivity index (χ2n) is 6.94. The number of thioether (sulfide) groups is 1. The monoisotopic (exact) mass is 383 g/mol. The van der Waals surface area contributed by atoms with E-state index in [4.69, 9.17) is 5.73 Å². The number of hydrogen-bond acceptors (Lipinski definition) is 4. The first kappa shape index (κ1) is 20.1. The van der Waals surface area contributed by atoms with Crippen molar-refractivity contribution in [1.29, 1.82) is 0 Å². The van der Waals surface area contributed by atoms with Gasteiger partial charge in [-0.05, 0) is 30.5 Å². The molecule has 1 aromatic carbocycles. The van der Waals surface area contributed by atoms with Crippen LogP contribution >= 0.6 is 24.2 Å². The number of para-hydroxylation sites is 1. The number of fused-ring (bicyclic) bond motifs is 1. The van der Waals surface area contributed by atoms with Crippen molar-refractivity contribution in [1.82, 2.24) is 4.90 Å². The Morgan fingerprint density at radius 2 is 1.92 bits per heavy atom. The van der Waals surface area contributed by atoms with Gasteiger partial charge >= 0.3 is 0 Å². The highest BCUT2D eigenvalue weighted by molar-refractivity contribution is 7.99. The van der Waals surface area contributed by atoms with Crippen LogP contribution < -0.4 is 10.6 Å². The van der Waals surface area contributed by atoms with Gasteiger partial charge in [-0.25, -0.2) is 0 Å². The minimum Gasteiger partial charge on any atom is -0.342 e. The van der Waals surface area contributed by atoms with Crippen molar-refractivity contribution < 1.29 is 9.59 Å². The van der Waals surface area contributed by atoms with Crippen LogP contribution in [0.15, 0.2) is 29.2 Å². The van der Waals surface area contributed by atoms with Gasteiger partial charge in [-0.2, -0.15) is 0 Å². The first-order valence-corrected chi connectivity index (χ1v) is 9.51. The molecule has 2 aliphatic rings. The van der Waals surface area contributed by atoms with Crippen LogP contribution in [0.5, 0.6) is 0 Å². The summed E-state index contributed by atoms with van der Waals surface area (Å²) in [6.07, 6.45) is 1.50. The Morgan fingerprint density at radius 3 is 2.64 bits per heavy atom. The summed E-state index contributed by atoms with van der Waals surface area (Å²) >= 11 is 1.78. The molecular formula is C18H26ClN3O2S. The van der Waals surface area contributed by atoms with E-state index in [2.05, 4.69) is 6.92 Å². The standard InChI is InChI=1S/C18H25N3O2S.ClH/c1-18(12-19)8-9-20(13-18)16(22)6-7-17(23)21-10-11-24-15-5-3-2-4-14(15)21;/h2-5H,6-13,19H2,1H3;1H. The molecule has 0 saturated carbocycles. The smallest absolute Gasteiger partial charge is 0.227 e. The van der Waals surface area contributed by atoms with Crippen LogP contribution in [0.25, 0.3) is 0 Å². The summed E-state index contributed by atoms with van der Waals surface area (Å²) in [5, 5.41) is 0. The van der Waals surface area contributed by atoms with Gasteiger partial charge in [0.05, 0.1) is 5.69 Å². The van der Waals surface area contributed by atoms with E-state index in [1.54, 1.807) is 11.8 Å². The zero-order valence-corrected chi connectivity index (χ0v) is 16.2. The predicted molar refractivity (Wildman–Crippen MR) is 104 cm³/mol. The summed E-state index contributed by atoms with van der Waals surface area (Å²) in [6, 6.07) is 7.97. The molecule has 5 nitrogen and oxygen atoms in total. The lowest BCUT2D eigenvalue weighted by Gasteiger charge is -2.29. The quantitative estimate of drug-likeness (QED) is 0.867. The summed E-state index contributed by atoms with van der Waals surface area (Å²) in [7, 11) is 0. The molecule has 0 radical (unpaired) electrons. The summed E-state index contributed by atoms with van der Waals surface area (Å²) in [4.78, 5) is 29.8. The number of hydrogen-bond donors (Lipinski definition) is 1. The van der Waals surface area contributed by atoms with E-state index in [0.717, 1.165) is 29.3 Å². The topological polar surface area (TPSA) is 66.6 Å². The Hall–Kier alpha value is -1.24. The molecular weight excluding hydrogens is 358 g/mol. The van der Waals surface area contributed by atoms with Crippen molar-refractivity contribution in [2.45, 2.75) is 31.1 Å². The molecule has 2 aliphatic heterocycles. The first-order valence-electron chi connectivity index (χ1n) is 8.52. The second-order valence-corrected chi connectivity index (χ2v) is 8.08. The third-order valence-corrected chi connectivity index (χ3v) is 6.03. The van der Waals surface area contributed by atoms with Crippen molar-refractivity contribution >= 4 is 41.7 Å². The van der Waals surface area contributed by atoms with Gasteiger partial charge in [0, 0.05) is 43.1 Å². The fraction of sp³-hybridized carbons (Fsp3) is 0.556. The van der Waals surface area contributed by atoms with Crippen molar-refractivity contribution in [3.8, 4) is 0 Å². The van der Waals surface area contributed by atoms with Crippen molar-refractivity contribution in [2.24, 2.45) is 11.1 Å². The van der Waals surface area contributed by atoms with E-state index in [-0.39, 0.29) is 42.5 Å². The maximum atomic E-state index is 12.6. The molecule has 1 aromatic rings. The molecule has 1 fully saturated rings. The van der Waals surface area contributed by atoms with Gasteiger partial charge in [0.15, 0.2) is 0 Å². The Labute approximate surface area is 159 Å². The first-order chi connectivity index (χ1) is 11.5. The number of nitrogens with zero attached hydrogens (tertiary/aromatic N) is 2. The number of amides is 2. The number of rotatable bonds is 4. The predicted octanol–water partition coefficient (Wildman–Crippen LogP) is 2.52. The van der Waals surface area contributed by atoms with Crippen LogP contribution in [0.4, 0.5) is 5.69 Å². The lowest BCUT2D eigenvalue weighted by Crippen LogP contribution is -2.37. The molecule has 7 heteroatoms. The normalized spacial score (nSPS) is 22.3. The number of likely N-dealkylation sites (tertiary alicyclic amines) is 1. The lowest BCUT2D eigenvalue weighted by atomic mass is 9.90. The van der Waals surface area contributed by atoms with Gasteiger partial charge < -0.3 is 15.5 Å². The number of halogens is 1. The molecule has 3 rings (SSSR count). The molecule has 138 valence electrons. The number of anilines is 1. The van der Waals surface area contributed by atoms with Gasteiger partial charge in [-0.3, -0.25) is 9.59 Å². The van der Waals surface area contributed by atoms with Crippen LogP contribution in [0.2, 0.25) is 0 Å². The molecule has 1 unspecified atom stereocenters. The zero-order valence-electron chi connectivity index (χ0n) is 14.6. The summed E-state index contributed by atoms with van der Waals surface area (Å²) in [5.41, 5.74) is 6.80. The molecule has 1 atom stereocenters. The Kier molecular flexibility index (Phi) is 6.77. The Morgan fingerprint density at radius 1 is 1.20 bits per heavy atom. The van der Waals surface area contributed by atoms with Crippen LogP contribution in [0.1, 0.15) is 26.2 Å². The second kappa shape index (κ2) is 8.43. The average molecular weight is 384 g/mol. The van der Waals surface area contributed by atoms with E-state index in [0.29, 0.717) is 19.6 Å². The third kappa shape index (κ3) is 4.49. The van der Waals surface area contributed by atoms with Crippen LogP contribution in [0.3, 0.4) is 0 Å². The maximum absolute atomic E-state index is 12.6. The van der Waals surface area contributed by atoms with Crippen molar-refractivity contribution in [3.63, 3.8) is 0 Å². The highest BCUT2D eigenvalue weighted by Crippen LogP contribution is 2.35. The van der Waals surface area contributed by atoms with Gasteiger partial charge in [0.25, 0.3) is 0 Å². The summed E-state index contributed by atoms with van der Waals surface area (Å²) < 4.78 is 0. The van der Waals surface area contributed by atoms with E-state index in [1.165, 1.54) is 0 Å². The molecule has 25 heavy (non-hydrogen) atoms. The SMILES string of the molecule is CC1(CN)CCN(C(=O)CCC(=O)N2CCSc3ccccc32)C1.Cl. The number of nitrogens with two attached hydrogens (primary N) is 1. The van der Waals surface area contributed by atoms with Gasteiger partial charge in [0.2, 0.25) is 11.8 Å². The fourth-order valence-electron chi connectivity index (χ4n) is 3.34. The summed E-state index contributed by atoms with van der Waals surface area (Å²) in [6.45, 7) is 4.89. The fourth-order valence-corrected chi connectivity index (χ4v) is 4.33. The number of carbonyl (C=O) groups is 2. The van der Waals surface area contributed by atoms with Gasteiger partial charge in [0.1, 0.15) is 0 Å². The summed E-state index contributed by atoms with van der Waals surface area (Å²) in [5.74, 6) is 1.01. The van der Waals surface area contributed by atoms with E-state index >= 15 is 0 Å². The molecule has 0 spiro atoms. The number of benzene rings is 1. The van der Waals surface area contributed by atoms with Crippen LogP contribution in [-0.4, -0.2) is 48.6 Å². The molecule has 0 aromatic heterocycles. The molecule has 0 bridgehead atoms. The van der Waals surface area contributed by atoms with Gasteiger partial charge in [-0.15, -0.1) is 24.2 Å². The Bertz CT molecular complexity index is 643. The third-order valence-electron chi connectivity index (χ3n) is 4.99. The van der Waals surface area contributed by atoms with Crippen LogP contribution in [0, 0.1) is 5.41 Å². The van der Waals surface area contributed by atoms with Gasteiger partial charge in [-0.1, -0.05) is 19.1 Å². The van der Waals surface area contributed by atoms with Crippen molar-refractivity contribution in [2.75, 3.05) is 36.8 Å². The Balaban J connectivity index is 0.00000225. The van der Waals surface area contributed by atoms with E-state index < -0.39 is 0 Å². The molecule has 2 amide bonds. The van der Waals surface area contributed by atoms with E-state index in [1.807, 2.05) is 34.1 Å². The minimum absolute atomic E-state index is 0. The lowest BCUT2D eigenvalue weighted by molar-refractivity contribution is -0.132. The molecule has 2 N–H and O–H groups in total. The van der Waals surface area contributed by atoms with Crippen LogP contribution in [-0.2, 0) is 9.59 Å². The van der Waals surface area contributed by atoms with E-state index in [9.17, 15) is 9.59 Å². The number of carbonyl (C=O) groups excluding carboxylic acids is 2. The highest BCUT2D eigenvalue weighted by Gasteiger charge is 2.35. The molecule has 2 heterocycles. The highest BCUT2D eigenvalue weighted by atomic mass is 35.5. The average Bonchev–Trinajstić information content (AvgIpc) is 3.02. The molecule has 0 aliphatic carbocycles. The maximum Gasteiger partial charge on any atom is 0.227 e. The molecule has 1 saturated heterocycles.